The van der Waals surface area contributed by atoms with Crippen LogP contribution in [-0.2, 0) is 19.9 Å². The number of phenolic OH excluding ortho intramolecular Hbond substituents is 1. The van der Waals surface area contributed by atoms with E-state index < -0.39 is 11.6 Å². The van der Waals surface area contributed by atoms with Gasteiger partial charge in [0, 0.05) is 47.0 Å². The number of anilines is 1. The summed E-state index contributed by atoms with van der Waals surface area (Å²) in [6.07, 6.45) is 5.15. The van der Waals surface area contributed by atoms with Gasteiger partial charge in [-0.05, 0) is 31.2 Å². The predicted octanol–water partition coefficient (Wildman–Crippen LogP) is 4.32. The van der Waals surface area contributed by atoms with Crippen molar-refractivity contribution in [3.05, 3.63) is 83.5 Å². The van der Waals surface area contributed by atoms with Crippen molar-refractivity contribution in [3.8, 4) is 17.2 Å². The molecule has 2 aliphatic heterocycles. The molecule has 0 aliphatic carbocycles. The molecule has 1 amide bonds. The van der Waals surface area contributed by atoms with Crippen LogP contribution in [0.2, 0.25) is 0 Å². The molecule has 1 spiro atoms. The van der Waals surface area contributed by atoms with Gasteiger partial charge in [-0.3, -0.25) is 4.79 Å². The highest BCUT2D eigenvalue weighted by molar-refractivity contribution is 5.95. The van der Waals surface area contributed by atoms with E-state index in [4.69, 9.17) is 9.47 Å². The second-order valence-electron chi connectivity index (χ2n) is 6.88. The molecule has 4 rings (SSSR count). The molecular weight excluding hydrogens is 370 g/mol. The fourth-order valence-electron chi connectivity index (χ4n) is 3.78. The van der Waals surface area contributed by atoms with Gasteiger partial charge in [0.2, 0.25) is 5.91 Å². The van der Waals surface area contributed by atoms with Crippen molar-refractivity contribution in [2.45, 2.75) is 19.4 Å². The number of rotatable bonds is 3. The Bertz CT molecular complexity index is 1130. The summed E-state index contributed by atoms with van der Waals surface area (Å²) in [5, 5.41) is 12.7. The van der Waals surface area contributed by atoms with E-state index in [1.807, 2.05) is 0 Å². The van der Waals surface area contributed by atoms with Crippen LogP contribution < -0.4 is 10.1 Å². The fraction of sp³-hybridized carbons (Fsp3) is 0.130. The van der Waals surface area contributed by atoms with E-state index in [1.54, 1.807) is 49.4 Å². The molecule has 146 valence electrons. The van der Waals surface area contributed by atoms with Gasteiger partial charge in [0.15, 0.2) is 5.60 Å². The van der Waals surface area contributed by atoms with Crippen LogP contribution in [0.3, 0.4) is 0 Å². The van der Waals surface area contributed by atoms with E-state index in [0.717, 1.165) is 0 Å². The van der Waals surface area contributed by atoms with Crippen LogP contribution in [0.15, 0.2) is 72.4 Å². The quantitative estimate of drug-likeness (QED) is 0.603. The third-order valence-electron chi connectivity index (χ3n) is 4.98. The molecule has 2 N–H and O–H groups in total. The third kappa shape index (κ3) is 2.81. The maximum absolute atomic E-state index is 12.6. The highest BCUT2D eigenvalue weighted by atomic mass is 16.6. The lowest BCUT2D eigenvalue weighted by molar-refractivity contribution is -0.145. The Balaban J connectivity index is 2.02. The van der Waals surface area contributed by atoms with Crippen LogP contribution in [-0.4, -0.2) is 17.0 Å². The van der Waals surface area contributed by atoms with E-state index in [1.165, 1.54) is 19.1 Å². The number of ether oxygens (including phenoxy) is 2. The van der Waals surface area contributed by atoms with Crippen molar-refractivity contribution in [1.82, 2.24) is 0 Å². The van der Waals surface area contributed by atoms with Gasteiger partial charge < -0.3 is 19.9 Å². The van der Waals surface area contributed by atoms with Crippen molar-refractivity contribution in [2.75, 3.05) is 5.32 Å². The number of hydrogen-bond acceptors (Lipinski definition) is 5. The molecule has 2 aromatic carbocycles. The molecular formula is C23H19NO5. The van der Waals surface area contributed by atoms with Gasteiger partial charge in [-0.25, -0.2) is 4.79 Å². The van der Waals surface area contributed by atoms with Crippen LogP contribution in [0.1, 0.15) is 25.0 Å². The zero-order valence-electron chi connectivity index (χ0n) is 16.0. The Kier molecular flexibility index (Phi) is 4.27. The highest BCUT2D eigenvalue weighted by Gasteiger charge is 2.53. The normalized spacial score (nSPS) is 19.6. The van der Waals surface area contributed by atoms with E-state index in [2.05, 4.69) is 11.9 Å². The number of hydrogen-bond donors (Lipinski definition) is 2. The van der Waals surface area contributed by atoms with Gasteiger partial charge in [-0.1, -0.05) is 24.8 Å². The Morgan fingerprint density at radius 2 is 1.86 bits per heavy atom. The number of aromatic hydroxyl groups is 1. The SMILES string of the molecule is C=C/C=C\C1=C(C)C(=O)OC12c1ccc(O)cc1Oc1cc(NC(C)=O)ccc12. The molecule has 0 saturated heterocycles. The van der Waals surface area contributed by atoms with Crippen LogP contribution >= 0.6 is 0 Å². The summed E-state index contributed by atoms with van der Waals surface area (Å²) in [6.45, 7) is 6.83. The molecule has 6 nitrogen and oxygen atoms in total. The largest absolute Gasteiger partial charge is 0.508 e. The minimum Gasteiger partial charge on any atom is -0.508 e. The maximum Gasteiger partial charge on any atom is 0.335 e. The lowest BCUT2D eigenvalue weighted by atomic mass is 9.77. The Hall–Kier alpha value is -3.80. The van der Waals surface area contributed by atoms with Gasteiger partial charge in [-0.15, -0.1) is 0 Å². The number of nitrogens with one attached hydrogen (secondary N) is 1. The monoisotopic (exact) mass is 389 g/mol. The van der Waals surface area contributed by atoms with Crippen molar-refractivity contribution in [3.63, 3.8) is 0 Å². The van der Waals surface area contributed by atoms with E-state index in [0.29, 0.717) is 39.5 Å². The first-order valence-electron chi connectivity index (χ1n) is 9.04. The molecule has 0 saturated carbocycles. The molecule has 0 bridgehead atoms. The van der Waals surface area contributed by atoms with E-state index in [-0.39, 0.29) is 11.7 Å². The Morgan fingerprint density at radius 1 is 1.17 bits per heavy atom. The first-order chi connectivity index (χ1) is 13.9. The Morgan fingerprint density at radius 3 is 2.55 bits per heavy atom. The van der Waals surface area contributed by atoms with E-state index >= 15 is 0 Å². The molecule has 1 atom stereocenters. The summed E-state index contributed by atoms with van der Waals surface area (Å²) in [5.74, 6) is 0.150. The molecule has 29 heavy (non-hydrogen) atoms. The predicted molar refractivity (Wildman–Crippen MR) is 108 cm³/mol. The van der Waals surface area contributed by atoms with Crippen LogP contribution in [0, 0.1) is 0 Å². The lowest BCUT2D eigenvalue weighted by Gasteiger charge is -2.37. The summed E-state index contributed by atoms with van der Waals surface area (Å²) in [4.78, 5) is 24.1. The van der Waals surface area contributed by atoms with Crippen molar-refractivity contribution < 1.29 is 24.2 Å². The molecule has 2 heterocycles. The summed E-state index contributed by atoms with van der Waals surface area (Å²) < 4.78 is 12.0. The summed E-state index contributed by atoms with van der Waals surface area (Å²) in [7, 11) is 0. The maximum atomic E-state index is 12.6. The van der Waals surface area contributed by atoms with Gasteiger partial charge in [0.1, 0.15) is 17.2 Å². The number of benzene rings is 2. The van der Waals surface area contributed by atoms with Gasteiger partial charge >= 0.3 is 5.97 Å². The highest BCUT2D eigenvalue weighted by Crippen LogP contribution is 2.57. The second-order valence-corrected chi connectivity index (χ2v) is 6.88. The standard InChI is InChI=1S/C23H19NO5/c1-4-5-6-17-13(2)22(27)29-23(17)18-9-7-15(24-14(3)25)11-20(18)28-21-12-16(26)8-10-19(21)23/h4-12,26H,1H2,2-3H3,(H,24,25)/b6-5-. The minimum absolute atomic E-state index is 0.0218. The second kappa shape index (κ2) is 6.67. The lowest BCUT2D eigenvalue weighted by Crippen LogP contribution is -2.33. The smallest absolute Gasteiger partial charge is 0.335 e. The number of allylic oxidation sites excluding steroid dienone is 2. The van der Waals surface area contributed by atoms with Crippen molar-refractivity contribution in [2.24, 2.45) is 0 Å². The van der Waals surface area contributed by atoms with E-state index in [9.17, 15) is 14.7 Å². The zero-order chi connectivity index (χ0) is 20.8. The third-order valence-corrected chi connectivity index (χ3v) is 4.98. The van der Waals surface area contributed by atoms with Crippen LogP contribution in [0.25, 0.3) is 0 Å². The summed E-state index contributed by atoms with van der Waals surface area (Å²) in [6, 6.07) is 9.85. The molecule has 1 unspecified atom stereocenters. The van der Waals surface area contributed by atoms with Crippen molar-refractivity contribution >= 4 is 17.6 Å². The number of fused-ring (bicyclic) bond motifs is 4. The van der Waals surface area contributed by atoms with Crippen LogP contribution in [0.5, 0.6) is 17.2 Å². The number of amides is 1. The average Bonchev–Trinajstić information content (AvgIpc) is 2.90. The fourth-order valence-corrected chi connectivity index (χ4v) is 3.78. The first kappa shape index (κ1) is 18.6. The van der Waals surface area contributed by atoms with Gasteiger partial charge in [-0.2, -0.15) is 0 Å². The number of esters is 1. The molecule has 0 fully saturated rings. The number of carbonyl (C=O) groups excluding carboxylic acids is 2. The van der Waals surface area contributed by atoms with Gasteiger partial charge in [0.25, 0.3) is 0 Å². The molecule has 2 aliphatic rings. The molecule has 6 heteroatoms. The number of carbonyl (C=O) groups is 2. The topological polar surface area (TPSA) is 84.9 Å². The number of phenols is 1. The van der Waals surface area contributed by atoms with Gasteiger partial charge in [0.05, 0.1) is 0 Å². The van der Waals surface area contributed by atoms with Crippen LogP contribution in [0.4, 0.5) is 5.69 Å². The minimum atomic E-state index is -1.23. The summed E-state index contributed by atoms with van der Waals surface area (Å²) >= 11 is 0. The molecule has 0 aromatic heterocycles. The molecule has 0 radical (unpaired) electrons. The average molecular weight is 389 g/mol. The zero-order valence-corrected chi connectivity index (χ0v) is 16.0. The molecule has 2 aromatic rings. The van der Waals surface area contributed by atoms with Crippen molar-refractivity contribution in [1.29, 1.82) is 0 Å². The first-order valence-corrected chi connectivity index (χ1v) is 9.04. The summed E-state index contributed by atoms with van der Waals surface area (Å²) in [5.41, 5.74) is 1.67. The Labute approximate surface area is 167 Å².